The summed E-state index contributed by atoms with van der Waals surface area (Å²) >= 11 is 0. The Morgan fingerprint density at radius 1 is 0.273 bits per heavy atom. The van der Waals surface area contributed by atoms with Crippen LogP contribution in [0.5, 0.6) is 0 Å². The minimum Gasteiger partial charge on any atom is -0.455 e. The first-order chi connectivity index (χ1) is 27.2. The van der Waals surface area contributed by atoms with Crippen molar-refractivity contribution in [2.24, 2.45) is 0 Å². The maximum absolute atomic E-state index is 6.36. The normalized spacial score (nSPS) is 11.3. The molecule has 2 heterocycles. The Morgan fingerprint density at radius 3 is 1.25 bits per heavy atom. The van der Waals surface area contributed by atoms with Gasteiger partial charge in [-0.15, -0.1) is 0 Å². The van der Waals surface area contributed by atoms with Gasteiger partial charge in [0, 0.05) is 33.0 Å². The molecule has 0 spiro atoms. The fourth-order valence-corrected chi connectivity index (χ4v) is 7.35. The molecule has 4 nitrogen and oxygen atoms in total. The van der Waals surface area contributed by atoms with Gasteiger partial charge in [-0.25, -0.2) is 15.0 Å². The van der Waals surface area contributed by atoms with E-state index in [1.54, 1.807) is 0 Å². The summed E-state index contributed by atoms with van der Waals surface area (Å²) in [5.74, 6) is 1.84. The summed E-state index contributed by atoms with van der Waals surface area (Å²) in [5.41, 5.74) is 13.4. The zero-order chi connectivity index (χ0) is 36.6. The highest BCUT2D eigenvalue weighted by Gasteiger charge is 2.16. The van der Waals surface area contributed by atoms with Gasteiger partial charge in [0.1, 0.15) is 11.2 Å². The van der Waals surface area contributed by atoms with Crippen LogP contribution in [0, 0.1) is 0 Å². The van der Waals surface area contributed by atoms with Crippen LogP contribution in [0.1, 0.15) is 0 Å². The quantitative estimate of drug-likeness (QED) is 0.166. The standard InChI is InChI=1S/C51H33N3O/c1-3-13-34(14-4-1)38-17-9-19-40(31-38)41-20-11-22-43(33-41)51-53-49(52-50(54-51)42-21-10-18-39(32-42)35-15-5-2-6-16-35)37-29-27-36(28-30-37)44-24-12-25-46-45-23-7-8-26-47(45)55-48(44)46/h1-33H. The molecule has 0 atom stereocenters. The smallest absolute Gasteiger partial charge is 0.164 e. The predicted octanol–water partition coefficient (Wildman–Crippen LogP) is 13.4. The van der Waals surface area contributed by atoms with E-state index in [0.29, 0.717) is 17.5 Å². The van der Waals surface area contributed by atoms with E-state index in [4.69, 9.17) is 19.4 Å². The molecular weight excluding hydrogens is 671 g/mol. The number of benzene rings is 8. The average Bonchev–Trinajstić information content (AvgIpc) is 3.66. The van der Waals surface area contributed by atoms with Crippen LogP contribution in [0.4, 0.5) is 0 Å². The lowest BCUT2D eigenvalue weighted by molar-refractivity contribution is 0.670. The van der Waals surface area contributed by atoms with E-state index in [0.717, 1.165) is 72.0 Å². The lowest BCUT2D eigenvalue weighted by Gasteiger charge is -2.11. The van der Waals surface area contributed by atoms with Crippen molar-refractivity contribution in [1.29, 1.82) is 0 Å². The van der Waals surface area contributed by atoms with Crippen LogP contribution in [0.2, 0.25) is 0 Å². The second-order valence-electron chi connectivity index (χ2n) is 13.6. The van der Waals surface area contributed by atoms with Crippen LogP contribution in [-0.4, -0.2) is 15.0 Å². The maximum atomic E-state index is 6.36. The van der Waals surface area contributed by atoms with Crippen molar-refractivity contribution in [1.82, 2.24) is 15.0 Å². The lowest BCUT2D eigenvalue weighted by atomic mass is 9.98. The summed E-state index contributed by atoms with van der Waals surface area (Å²) in [6, 6.07) is 69.3. The molecule has 0 N–H and O–H groups in total. The van der Waals surface area contributed by atoms with Gasteiger partial charge in [0.05, 0.1) is 0 Å². The Balaban J connectivity index is 1.07. The van der Waals surface area contributed by atoms with Gasteiger partial charge in [-0.05, 0) is 63.2 Å². The number of rotatable bonds is 7. The van der Waals surface area contributed by atoms with Crippen molar-refractivity contribution in [3.8, 4) is 78.7 Å². The molecule has 55 heavy (non-hydrogen) atoms. The number of para-hydroxylation sites is 2. The first-order valence-electron chi connectivity index (χ1n) is 18.4. The van der Waals surface area contributed by atoms with Crippen molar-refractivity contribution in [2.75, 3.05) is 0 Å². The van der Waals surface area contributed by atoms with Gasteiger partial charge in [0.25, 0.3) is 0 Å². The first-order valence-corrected chi connectivity index (χ1v) is 18.4. The Bertz CT molecular complexity index is 2970. The van der Waals surface area contributed by atoms with Gasteiger partial charge >= 0.3 is 0 Å². The number of aromatic nitrogens is 3. The van der Waals surface area contributed by atoms with E-state index < -0.39 is 0 Å². The van der Waals surface area contributed by atoms with Crippen LogP contribution in [0.3, 0.4) is 0 Å². The van der Waals surface area contributed by atoms with E-state index in [1.165, 1.54) is 11.1 Å². The van der Waals surface area contributed by atoms with E-state index in [1.807, 2.05) is 30.3 Å². The fraction of sp³-hybridized carbons (Fsp3) is 0. The number of fused-ring (bicyclic) bond motifs is 3. The monoisotopic (exact) mass is 703 g/mol. The molecule has 0 saturated carbocycles. The van der Waals surface area contributed by atoms with E-state index in [9.17, 15) is 0 Å². The molecule has 0 fully saturated rings. The summed E-state index contributed by atoms with van der Waals surface area (Å²) in [7, 11) is 0. The molecule has 0 aliphatic carbocycles. The second kappa shape index (κ2) is 13.8. The fourth-order valence-electron chi connectivity index (χ4n) is 7.35. The molecule has 10 aromatic rings. The number of hydrogen-bond donors (Lipinski definition) is 0. The third-order valence-electron chi connectivity index (χ3n) is 10.1. The molecule has 0 bridgehead atoms. The maximum Gasteiger partial charge on any atom is 0.164 e. The predicted molar refractivity (Wildman–Crippen MR) is 225 cm³/mol. The molecule has 258 valence electrons. The molecule has 0 saturated heterocycles. The van der Waals surface area contributed by atoms with Gasteiger partial charge in [-0.3, -0.25) is 0 Å². The van der Waals surface area contributed by atoms with Gasteiger partial charge < -0.3 is 4.42 Å². The minimum absolute atomic E-state index is 0.607. The highest BCUT2D eigenvalue weighted by molar-refractivity contribution is 6.09. The van der Waals surface area contributed by atoms with E-state index >= 15 is 0 Å². The molecule has 0 radical (unpaired) electrons. The Kier molecular flexibility index (Phi) is 8.12. The largest absolute Gasteiger partial charge is 0.455 e. The van der Waals surface area contributed by atoms with Crippen molar-refractivity contribution in [2.45, 2.75) is 0 Å². The molecule has 0 aliphatic rings. The lowest BCUT2D eigenvalue weighted by Crippen LogP contribution is -2.00. The third kappa shape index (κ3) is 6.26. The SMILES string of the molecule is c1ccc(-c2cccc(-c3cccc(-c4nc(-c5ccc(-c6cccc7c6oc6ccccc67)cc5)nc(-c5cccc(-c6ccccc6)c5)n4)c3)c2)cc1. The highest BCUT2D eigenvalue weighted by atomic mass is 16.3. The third-order valence-corrected chi connectivity index (χ3v) is 10.1. The molecule has 10 rings (SSSR count). The zero-order valence-electron chi connectivity index (χ0n) is 29.8. The molecule has 4 heteroatoms. The van der Waals surface area contributed by atoms with Gasteiger partial charge in [-0.2, -0.15) is 0 Å². The van der Waals surface area contributed by atoms with Gasteiger partial charge in [-0.1, -0.05) is 176 Å². The molecule has 8 aromatic carbocycles. The minimum atomic E-state index is 0.607. The number of nitrogens with zero attached hydrogens (tertiary/aromatic N) is 3. The number of hydrogen-bond acceptors (Lipinski definition) is 4. The van der Waals surface area contributed by atoms with Crippen molar-refractivity contribution in [3.05, 3.63) is 200 Å². The molecule has 0 amide bonds. The topological polar surface area (TPSA) is 51.8 Å². The second-order valence-corrected chi connectivity index (χ2v) is 13.6. The first kappa shape index (κ1) is 32.2. The number of furan rings is 1. The summed E-state index contributed by atoms with van der Waals surface area (Å²) in [6.45, 7) is 0. The Labute approximate surface area is 319 Å². The van der Waals surface area contributed by atoms with Crippen LogP contribution in [0.25, 0.3) is 101 Å². The summed E-state index contributed by atoms with van der Waals surface area (Å²) in [6.07, 6.45) is 0. The van der Waals surface area contributed by atoms with Crippen LogP contribution >= 0.6 is 0 Å². The van der Waals surface area contributed by atoms with Crippen molar-refractivity contribution >= 4 is 21.9 Å². The molecular formula is C51H33N3O. The molecule has 2 aromatic heterocycles. The molecule has 0 aliphatic heterocycles. The van der Waals surface area contributed by atoms with Gasteiger partial charge in [0.2, 0.25) is 0 Å². The van der Waals surface area contributed by atoms with Crippen LogP contribution < -0.4 is 0 Å². The highest BCUT2D eigenvalue weighted by Crippen LogP contribution is 2.37. The van der Waals surface area contributed by atoms with Crippen molar-refractivity contribution in [3.63, 3.8) is 0 Å². The van der Waals surface area contributed by atoms with E-state index in [-0.39, 0.29) is 0 Å². The Morgan fingerprint density at radius 2 is 0.673 bits per heavy atom. The average molecular weight is 704 g/mol. The van der Waals surface area contributed by atoms with E-state index in [2.05, 4.69) is 170 Å². The van der Waals surface area contributed by atoms with Crippen LogP contribution in [-0.2, 0) is 0 Å². The zero-order valence-corrected chi connectivity index (χ0v) is 29.8. The summed E-state index contributed by atoms with van der Waals surface area (Å²) < 4.78 is 6.36. The van der Waals surface area contributed by atoms with Crippen LogP contribution in [0.15, 0.2) is 205 Å². The summed E-state index contributed by atoms with van der Waals surface area (Å²) in [5, 5.41) is 2.22. The Hall–Kier alpha value is -7.43. The van der Waals surface area contributed by atoms with Crippen molar-refractivity contribution < 1.29 is 4.42 Å². The van der Waals surface area contributed by atoms with Gasteiger partial charge in [0.15, 0.2) is 17.5 Å². The summed E-state index contributed by atoms with van der Waals surface area (Å²) in [4.78, 5) is 15.3. The molecule has 0 unspecified atom stereocenters.